The van der Waals surface area contributed by atoms with Crippen molar-refractivity contribution in [3.63, 3.8) is 0 Å². The molecule has 0 atom stereocenters. The van der Waals surface area contributed by atoms with Crippen molar-refractivity contribution >= 4 is 28.2 Å². The van der Waals surface area contributed by atoms with Gasteiger partial charge in [-0.2, -0.15) is 0 Å². The van der Waals surface area contributed by atoms with Gasteiger partial charge in [0.1, 0.15) is 5.76 Å². The van der Waals surface area contributed by atoms with Crippen molar-refractivity contribution in [2.45, 2.75) is 52.1 Å². The Morgan fingerprint density at radius 3 is 1.95 bits per heavy atom. The van der Waals surface area contributed by atoms with Crippen LogP contribution in [0.4, 0.5) is 0 Å². The van der Waals surface area contributed by atoms with Crippen LogP contribution in [0.2, 0.25) is 39.3 Å². The number of halogens is 1. The molecule has 0 bridgehead atoms. The van der Waals surface area contributed by atoms with Crippen LogP contribution in [0, 0.1) is 0 Å². The van der Waals surface area contributed by atoms with E-state index in [-0.39, 0.29) is 0 Å². The minimum atomic E-state index is -1.69. The molecule has 0 amide bonds. The van der Waals surface area contributed by atoms with Crippen LogP contribution in [0.3, 0.4) is 0 Å². The predicted octanol–water partition coefficient (Wildman–Crippen LogP) is 5.08. The largest absolute Gasteiger partial charge is 0.544 e. The zero-order chi connectivity index (χ0) is 15.8. The summed E-state index contributed by atoms with van der Waals surface area (Å²) in [5.41, 5.74) is 0. The third-order valence-corrected chi connectivity index (χ3v) is 3.90. The van der Waals surface area contributed by atoms with Gasteiger partial charge in [-0.3, -0.25) is 0 Å². The Bertz CT molecular complexity index is 341. The van der Waals surface area contributed by atoms with Crippen LogP contribution < -0.4 is 0 Å². The fourth-order valence-electron chi connectivity index (χ4n) is 1.35. The van der Waals surface area contributed by atoms with E-state index in [0.29, 0.717) is 11.8 Å². The highest BCUT2D eigenvalue weighted by Crippen LogP contribution is 2.18. The molecule has 0 aliphatic heterocycles. The number of methoxy groups -OCH3 is 1. The molecule has 0 N–H and O–H groups in total. The average molecular weight is 337 g/mol. The molecule has 3 nitrogen and oxygen atoms in total. The quantitative estimate of drug-likeness (QED) is 0.193. The normalized spacial score (nSPS) is 14.2. The summed E-state index contributed by atoms with van der Waals surface area (Å²) in [6, 6.07) is 0. The zero-order valence-electron chi connectivity index (χ0n) is 13.9. The third-order valence-electron chi connectivity index (χ3n) is 1.98. The molecule has 0 radical (unpaired) electrons. The van der Waals surface area contributed by atoms with Crippen molar-refractivity contribution in [2.75, 3.05) is 13.0 Å². The van der Waals surface area contributed by atoms with Crippen LogP contribution in [0.5, 0.6) is 0 Å². The van der Waals surface area contributed by atoms with Gasteiger partial charge >= 0.3 is 0 Å². The highest BCUT2D eigenvalue weighted by atomic mass is 35.5. The number of unbranched alkanes of at least 4 members (excludes halogenated alkanes) is 1. The zero-order valence-corrected chi connectivity index (χ0v) is 16.6. The minimum Gasteiger partial charge on any atom is -0.544 e. The van der Waals surface area contributed by atoms with Crippen LogP contribution in [0.1, 0.15) is 12.8 Å². The van der Waals surface area contributed by atoms with Gasteiger partial charge in [0, 0.05) is 5.88 Å². The number of hydrogen-bond donors (Lipinski definition) is 0. The number of alkyl halides is 1. The Morgan fingerprint density at radius 1 is 1.00 bits per heavy atom. The number of rotatable bonds is 9. The predicted molar refractivity (Wildman–Crippen MR) is 92.0 cm³/mol. The first-order valence-corrected chi connectivity index (χ1v) is 14.3. The van der Waals surface area contributed by atoms with Crippen LogP contribution in [-0.2, 0) is 13.6 Å². The highest BCUT2D eigenvalue weighted by molar-refractivity contribution is 6.70. The third kappa shape index (κ3) is 11.4. The lowest BCUT2D eigenvalue weighted by Gasteiger charge is -2.23. The molecule has 6 heteroatoms. The van der Waals surface area contributed by atoms with Crippen LogP contribution in [-0.4, -0.2) is 29.6 Å². The van der Waals surface area contributed by atoms with Crippen molar-refractivity contribution in [3.05, 3.63) is 23.9 Å². The second-order valence-corrected chi connectivity index (χ2v) is 15.8. The number of hydrogen-bond acceptors (Lipinski definition) is 3. The summed E-state index contributed by atoms with van der Waals surface area (Å²) in [7, 11) is -1.73. The molecule has 0 aliphatic rings. The Morgan fingerprint density at radius 2 is 1.55 bits per heavy atom. The Kier molecular flexibility index (Phi) is 8.62. The summed E-state index contributed by atoms with van der Waals surface area (Å²) in [5.74, 6) is 2.01. The van der Waals surface area contributed by atoms with Gasteiger partial charge in [-0.05, 0) is 58.2 Å². The molecule has 0 spiro atoms. The molecule has 0 aromatic carbocycles. The van der Waals surface area contributed by atoms with E-state index in [1.54, 1.807) is 7.11 Å². The monoisotopic (exact) mass is 336 g/mol. The van der Waals surface area contributed by atoms with Crippen LogP contribution in [0.25, 0.3) is 0 Å². The molecule has 0 aromatic heterocycles. The SMILES string of the molecule is CO/C(=C/C(=C\CCCCl)O[Si](C)(C)C)O[Si](C)(C)C. The molecule has 0 unspecified atom stereocenters. The average Bonchev–Trinajstić information content (AvgIpc) is 2.24. The van der Waals surface area contributed by atoms with Gasteiger partial charge in [0.05, 0.1) is 13.2 Å². The second kappa shape index (κ2) is 8.79. The van der Waals surface area contributed by atoms with Gasteiger partial charge in [-0.15, -0.1) is 11.6 Å². The summed E-state index contributed by atoms with van der Waals surface area (Å²) in [5, 5.41) is 0. The molecule has 0 heterocycles. The molecule has 0 fully saturated rings. The first-order valence-electron chi connectivity index (χ1n) is 6.97. The van der Waals surface area contributed by atoms with E-state index in [9.17, 15) is 0 Å². The van der Waals surface area contributed by atoms with E-state index >= 15 is 0 Å². The van der Waals surface area contributed by atoms with Crippen molar-refractivity contribution in [3.8, 4) is 0 Å². The number of ether oxygens (including phenoxy) is 1. The van der Waals surface area contributed by atoms with Gasteiger partial charge in [-0.1, -0.05) is 0 Å². The van der Waals surface area contributed by atoms with Gasteiger partial charge in [0.2, 0.25) is 16.6 Å². The molecule has 0 aliphatic carbocycles. The summed E-state index contributed by atoms with van der Waals surface area (Å²) >= 11 is 5.72. The summed E-state index contributed by atoms with van der Waals surface area (Å²) in [4.78, 5) is 0. The van der Waals surface area contributed by atoms with Crippen LogP contribution in [0.15, 0.2) is 23.9 Å². The Hall–Kier alpha value is -0.396. The van der Waals surface area contributed by atoms with Gasteiger partial charge in [0.15, 0.2) is 0 Å². The molecular formula is C14H29ClO3Si2. The van der Waals surface area contributed by atoms with E-state index in [0.717, 1.165) is 18.6 Å². The maximum absolute atomic E-state index is 6.07. The first kappa shape index (κ1) is 19.6. The van der Waals surface area contributed by atoms with E-state index < -0.39 is 16.6 Å². The molecule has 20 heavy (non-hydrogen) atoms. The van der Waals surface area contributed by atoms with E-state index in [4.69, 9.17) is 25.2 Å². The fraction of sp³-hybridized carbons (Fsp3) is 0.714. The lowest BCUT2D eigenvalue weighted by Crippen LogP contribution is -2.26. The van der Waals surface area contributed by atoms with Crippen LogP contribution >= 0.6 is 11.6 Å². The summed E-state index contributed by atoms with van der Waals surface area (Å²) < 4.78 is 17.3. The van der Waals surface area contributed by atoms with Crippen molar-refractivity contribution < 1.29 is 13.6 Å². The lowest BCUT2D eigenvalue weighted by molar-refractivity contribution is 0.145. The van der Waals surface area contributed by atoms with Gasteiger partial charge < -0.3 is 13.6 Å². The first-order chi connectivity index (χ1) is 9.07. The minimum absolute atomic E-state index is 0.527. The second-order valence-electron chi connectivity index (χ2n) is 6.53. The van der Waals surface area contributed by atoms with Gasteiger partial charge in [0.25, 0.3) is 5.95 Å². The molecule has 118 valence electrons. The van der Waals surface area contributed by atoms with Crippen molar-refractivity contribution in [1.82, 2.24) is 0 Å². The maximum Gasteiger partial charge on any atom is 0.268 e. The van der Waals surface area contributed by atoms with Gasteiger partial charge in [-0.25, -0.2) is 0 Å². The standard InChI is InChI=1S/C14H29ClO3Si2/c1-16-14(18-20(5,6)7)12-13(10-8-9-11-15)17-19(2,3)4/h10,12H,8-9,11H2,1-7H3/b13-10+,14-12-. The fourth-order valence-corrected chi connectivity index (χ4v) is 3.10. The summed E-state index contributed by atoms with van der Waals surface area (Å²) in [6.45, 7) is 12.8. The molecule has 0 saturated carbocycles. The molecule has 0 rings (SSSR count). The Balaban J connectivity index is 5.03. The molecule has 0 aromatic rings. The van der Waals surface area contributed by atoms with E-state index in [1.165, 1.54) is 0 Å². The summed E-state index contributed by atoms with van der Waals surface area (Å²) in [6.07, 6.45) is 5.74. The lowest BCUT2D eigenvalue weighted by atomic mass is 10.3. The molecular weight excluding hydrogens is 308 g/mol. The molecule has 0 saturated heterocycles. The highest BCUT2D eigenvalue weighted by Gasteiger charge is 2.20. The van der Waals surface area contributed by atoms with E-state index in [1.807, 2.05) is 6.08 Å². The van der Waals surface area contributed by atoms with Crippen molar-refractivity contribution in [2.24, 2.45) is 0 Å². The number of allylic oxidation sites excluding steroid dienone is 2. The Labute approximate surface area is 131 Å². The van der Waals surface area contributed by atoms with E-state index in [2.05, 4.69) is 45.4 Å². The smallest absolute Gasteiger partial charge is 0.268 e. The maximum atomic E-state index is 6.07. The topological polar surface area (TPSA) is 27.7 Å². The van der Waals surface area contributed by atoms with Crippen molar-refractivity contribution in [1.29, 1.82) is 0 Å².